The van der Waals surface area contributed by atoms with Gasteiger partial charge in [0.2, 0.25) is 10.0 Å². The van der Waals surface area contributed by atoms with E-state index in [0.29, 0.717) is 43.3 Å². The lowest BCUT2D eigenvalue weighted by atomic mass is 10.1. The van der Waals surface area contributed by atoms with Gasteiger partial charge in [0, 0.05) is 53.0 Å². The second kappa shape index (κ2) is 20.8. The van der Waals surface area contributed by atoms with Crippen LogP contribution in [0.1, 0.15) is 42.5 Å². The van der Waals surface area contributed by atoms with E-state index in [9.17, 15) is 16.8 Å². The smallest absolute Gasteiger partial charge is 0.263 e. The van der Waals surface area contributed by atoms with Crippen LogP contribution in [0.2, 0.25) is 0 Å². The van der Waals surface area contributed by atoms with Gasteiger partial charge >= 0.3 is 0 Å². The van der Waals surface area contributed by atoms with E-state index in [1.165, 1.54) is 27.7 Å². The third-order valence-corrected chi connectivity index (χ3v) is 12.9. The van der Waals surface area contributed by atoms with Crippen molar-refractivity contribution in [2.75, 3.05) is 13.2 Å². The fraction of sp³-hybridized carbons (Fsp3) is 0.244. The molecule has 1 N–H and O–H groups in total. The number of halogens is 1. The molecule has 0 aliphatic carbocycles. The number of hydrogen-bond donors (Lipinski definition) is 1. The highest BCUT2D eigenvalue weighted by Gasteiger charge is 2.34. The molecule has 2 aromatic heterocycles. The minimum atomic E-state index is -3.80. The highest BCUT2D eigenvalue weighted by molar-refractivity contribution is 8.14. The highest BCUT2D eigenvalue weighted by Crippen LogP contribution is 2.30. The first-order valence-corrected chi connectivity index (χ1v) is 22.2. The van der Waals surface area contributed by atoms with Gasteiger partial charge in [-0.25, -0.2) is 16.8 Å². The number of fused-ring (bicyclic) bond motifs is 4. The Morgan fingerprint density at radius 2 is 1.19 bits per heavy atom. The molecule has 0 saturated heterocycles. The van der Waals surface area contributed by atoms with E-state index in [1.807, 2.05) is 42.5 Å². The van der Waals surface area contributed by atoms with Gasteiger partial charge in [0.1, 0.15) is 9.79 Å². The van der Waals surface area contributed by atoms with Crippen molar-refractivity contribution < 1.29 is 26.3 Å². The Morgan fingerprint density at radius 3 is 1.79 bits per heavy atom. The molecule has 13 heteroatoms. The molecule has 0 saturated carbocycles. The molecule has 2 aliphatic heterocycles. The second-order valence-electron chi connectivity index (χ2n) is 13.5. The molecule has 0 amide bonds. The molecular weight excluding hydrogens is 792 g/mol. The molecule has 0 unspecified atom stereocenters. The number of nitrogens with one attached hydrogen (secondary N) is 1. The molecule has 2 aliphatic rings. The van der Waals surface area contributed by atoms with E-state index < -0.39 is 19.1 Å². The molecule has 2 atom stereocenters. The van der Waals surface area contributed by atoms with Gasteiger partial charge in [-0.3, -0.25) is 9.97 Å². The molecule has 0 fully saturated rings. The number of ether oxygens (including phenoxy) is 2. The van der Waals surface area contributed by atoms with E-state index in [1.54, 1.807) is 54.7 Å². The molecule has 0 spiro atoms. The monoisotopic (exact) mass is 840 g/mol. The first kappa shape index (κ1) is 44.3. The number of para-hydroxylation sites is 2. The summed E-state index contributed by atoms with van der Waals surface area (Å²) in [4.78, 5) is 8.60. The standard InChI is InChI=1S/C22H22N2O3S.C13H17NO.C9H6ClNO2S.CH4/c1-2-7-20-16-27-15-19-9-4-3-8-18(19)14-24(20)28(25,26)21-12-5-10-17-11-6-13-23-22(17)21;1-2-5-13-10-15-9-12-7-4-3-6-11(12)8-14-13;10-14(12,13)8-5-1-3-7-4-2-6-11-9(7)8;/h2-6,8-13,20H,1,7,14-16H2;2-4,6-7,13-14H,1,5,8-10H2;1-6H;1H4/t20-;13-;;/m11../s1. The minimum Gasteiger partial charge on any atom is -0.375 e. The molecule has 4 aromatic carbocycles. The van der Waals surface area contributed by atoms with Crippen LogP contribution < -0.4 is 5.32 Å². The van der Waals surface area contributed by atoms with E-state index in [-0.39, 0.29) is 23.3 Å². The lowest BCUT2D eigenvalue weighted by Gasteiger charge is -2.33. The van der Waals surface area contributed by atoms with Crippen LogP contribution in [-0.2, 0) is 54.9 Å². The lowest BCUT2D eigenvalue weighted by molar-refractivity contribution is 0.0683. The van der Waals surface area contributed by atoms with Crippen LogP contribution in [0.4, 0.5) is 0 Å². The molecule has 10 nitrogen and oxygen atoms in total. The summed E-state index contributed by atoms with van der Waals surface area (Å²) >= 11 is 0. The predicted molar refractivity (Wildman–Crippen MR) is 232 cm³/mol. The third-order valence-electron chi connectivity index (χ3n) is 9.63. The van der Waals surface area contributed by atoms with Crippen LogP contribution in [0.25, 0.3) is 21.8 Å². The van der Waals surface area contributed by atoms with Crippen molar-refractivity contribution in [1.29, 1.82) is 0 Å². The average molecular weight is 841 g/mol. The molecule has 4 heterocycles. The Labute approximate surface area is 346 Å². The number of benzene rings is 4. The van der Waals surface area contributed by atoms with Gasteiger partial charge in [0.15, 0.2) is 0 Å². The van der Waals surface area contributed by atoms with Gasteiger partial charge < -0.3 is 14.8 Å². The van der Waals surface area contributed by atoms with Crippen molar-refractivity contribution in [1.82, 2.24) is 19.6 Å². The third kappa shape index (κ3) is 11.0. The zero-order valence-corrected chi connectivity index (χ0v) is 33.8. The van der Waals surface area contributed by atoms with E-state index in [0.717, 1.165) is 48.1 Å². The lowest BCUT2D eigenvalue weighted by Crippen LogP contribution is -2.43. The fourth-order valence-corrected chi connectivity index (χ4v) is 9.51. The van der Waals surface area contributed by atoms with Gasteiger partial charge in [-0.05, 0) is 59.4 Å². The number of pyridine rings is 2. The number of hydrogen-bond acceptors (Lipinski definition) is 9. The Hall–Kier alpha value is -4.79. The van der Waals surface area contributed by atoms with Crippen molar-refractivity contribution in [3.63, 3.8) is 0 Å². The SMILES string of the molecule is C.C=CC[C@@H]1COCc2ccccc2CN1.C=CC[C@@H]1COCc2ccccc2CN1S(=O)(=O)c1cccc2cccnc12.O=S(=O)(Cl)c1cccc2cccnc12. The summed E-state index contributed by atoms with van der Waals surface area (Å²) in [7, 11) is -2.25. The van der Waals surface area contributed by atoms with Crippen molar-refractivity contribution in [3.8, 4) is 0 Å². The normalized spacial score (nSPS) is 17.1. The van der Waals surface area contributed by atoms with Crippen LogP contribution in [0.5, 0.6) is 0 Å². The highest BCUT2D eigenvalue weighted by atomic mass is 35.7. The molecule has 8 rings (SSSR count). The quantitative estimate of drug-likeness (QED) is 0.124. The van der Waals surface area contributed by atoms with E-state index >= 15 is 0 Å². The molecule has 0 bridgehead atoms. The average Bonchev–Trinajstić information content (AvgIpc) is 3.20. The number of aromatic nitrogens is 2. The van der Waals surface area contributed by atoms with Crippen molar-refractivity contribution >= 4 is 51.6 Å². The topological polar surface area (TPSA) is 128 Å². The minimum absolute atomic E-state index is 0. The Morgan fingerprint density at radius 1 is 0.672 bits per heavy atom. The summed E-state index contributed by atoms with van der Waals surface area (Å²) in [5.41, 5.74) is 5.49. The zero-order valence-electron chi connectivity index (χ0n) is 31.4. The molecule has 0 radical (unpaired) electrons. The maximum atomic E-state index is 13.8. The Kier molecular flexibility index (Phi) is 15.9. The molecule has 304 valence electrons. The van der Waals surface area contributed by atoms with Crippen LogP contribution in [-0.4, -0.2) is 56.4 Å². The Bertz CT molecular complexity index is 2540. The maximum absolute atomic E-state index is 13.8. The largest absolute Gasteiger partial charge is 0.375 e. The van der Waals surface area contributed by atoms with Gasteiger partial charge in [-0.1, -0.05) is 105 Å². The van der Waals surface area contributed by atoms with Crippen molar-refractivity contribution in [2.45, 2.75) is 68.4 Å². The van der Waals surface area contributed by atoms with Gasteiger partial charge in [0.05, 0.1) is 43.5 Å². The number of sulfonamides is 1. The fourth-order valence-electron chi connectivity index (χ4n) is 6.73. The summed E-state index contributed by atoms with van der Waals surface area (Å²) in [5.74, 6) is 0. The van der Waals surface area contributed by atoms with Gasteiger partial charge in [-0.15, -0.1) is 13.2 Å². The first-order chi connectivity index (χ1) is 27.6. The number of nitrogens with zero attached hydrogens (tertiary/aromatic N) is 3. The molecular formula is C45H49ClN4O6S2. The van der Waals surface area contributed by atoms with Gasteiger partial charge in [0.25, 0.3) is 9.05 Å². The zero-order chi connectivity index (χ0) is 40.3. The summed E-state index contributed by atoms with van der Waals surface area (Å²) in [6.45, 7) is 11.1. The summed E-state index contributed by atoms with van der Waals surface area (Å²) in [5, 5.41) is 5.04. The molecule has 58 heavy (non-hydrogen) atoms. The first-order valence-electron chi connectivity index (χ1n) is 18.5. The summed E-state index contributed by atoms with van der Waals surface area (Å²) in [6, 6.07) is 33.6. The molecule has 6 aromatic rings. The number of rotatable bonds is 7. The summed E-state index contributed by atoms with van der Waals surface area (Å²) < 4.78 is 62.9. The van der Waals surface area contributed by atoms with Crippen LogP contribution >= 0.6 is 10.7 Å². The van der Waals surface area contributed by atoms with E-state index in [2.05, 4.69) is 52.7 Å². The predicted octanol–water partition coefficient (Wildman–Crippen LogP) is 8.95. The van der Waals surface area contributed by atoms with E-state index in [4.69, 9.17) is 20.2 Å². The maximum Gasteiger partial charge on any atom is 0.263 e. The summed E-state index contributed by atoms with van der Waals surface area (Å²) in [6.07, 6.45) is 8.31. The van der Waals surface area contributed by atoms with Crippen LogP contribution in [0.15, 0.2) is 157 Å². The second-order valence-corrected chi connectivity index (χ2v) is 17.9. The van der Waals surface area contributed by atoms with Crippen LogP contribution in [0.3, 0.4) is 0 Å². The van der Waals surface area contributed by atoms with Gasteiger partial charge in [-0.2, -0.15) is 4.31 Å². The van der Waals surface area contributed by atoms with Crippen LogP contribution in [0, 0.1) is 0 Å². The van der Waals surface area contributed by atoms with Crippen molar-refractivity contribution in [2.24, 2.45) is 0 Å². The Balaban J connectivity index is 0.000000180. The van der Waals surface area contributed by atoms with Crippen molar-refractivity contribution in [3.05, 3.63) is 169 Å².